The Morgan fingerprint density at radius 3 is 1.93 bits per heavy atom. The first-order valence-electron chi connectivity index (χ1n) is 5.64. The van der Waals surface area contributed by atoms with Gasteiger partial charge >= 0.3 is 0 Å². The summed E-state index contributed by atoms with van der Waals surface area (Å²) in [6, 6.07) is 0. The predicted octanol–water partition coefficient (Wildman–Crippen LogP) is 0.853. The molecule has 0 radical (unpaired) electrons. The van der Waals surface area contributed by atoms with Gasteiger partial charge in [0.05, 0.1) is 13.2 Å². The van der Waals surface area contributed by atoms with Crippen molar-refractivity contribution in [1.29, 1.82) is 0 Å². The number of nitrogens with zero attached hydrogens (tertiary/aromatic N) is 1. The van der Waals surface area contributed by atoms with Crippen LogP contribution in [0.3, 0.4) is 0 Å². The van der Waals surface area contributed by atoms with Crippen LogP contribution in [0.4, 0.5) is 0 Å². The van der Waals surface area contributed by atoms with Crippen molar-refractivity contribution in [1.82, 2.24) is 4.90 Å². The van der Waals surface area contributed by atoms with Gasteiger partial charge in [0.15, 0.2) is 0 Å². The van der Waals surface area contributed by atoms with Gasteiger partial charge in [0.1, 0.15) is 0 Å². The van der Waals surface area contributed by atoms with Gasteiger partial charge in [0, 0.05) is 12.0 Å². The summed E-state index contributed by atoms with van der Waals surface area (Å²) >= 11 is 0. The average molecular weight is 201 g/mol. The molecular formula is C11H23NO2. The van der Waals surface area contributed by atoms with Gasteiger partial charge in [-0.3, -0.25) is 0 Å². The highest BCUT2D eigenvalue weighted by Gasteiger charge is 2.25. The lowest BCUT2D eigenvalue weighted by Gasteiger charge is -2.32. The van der Waals surface area contributed by atoms with Crippen LogP contribution in [0.15, 0.2) is 0 Å². The topological polar surface area (TPSA) is 43.7 Å². The van der Waals surface area contributed by atoms with Gasteiger partial charge in [0.2, 0.25) is 0 Å². The maximum atomic E-state index is 9.20. The zero-order chi connectivity index (χ0) is 10.4. The van der Waals surface area contributed by atoms with E-state index in [0.717, 1.165) is 19.6 Å². The lowest BCUT2D eigenvalue weighted by atomic mass is 9.92. The fraction of sp³-hybridized carbons (Fsp3) is 1.00. The normalized spacial score (nSPS) is 20.8. The second-order valence-corrected chi connectivity index (χ2v) is 4.82. The second kappa shape index (κ2) is 5.69. The average Bonchev–Trinajstić information content (AvgIpc) is 2.46. The number of likely N-dealkylation sites (tertiary alicyclic amines) is 1. The quantitative estimate of drug-likeness (QED) is 0.709. The van der Waals surface area contributed by atoms with Gasteiger partial charge in [-0.25, -0.2) is 0 Å². The van der Waals surface area contributed by atoms with Crippen molar-refractivity contribution >= 4 is 0 Å². The summed E-state index contributed by atoms with van der Waals surface area (Å²) in [5.74, 6) is 0. The minimum Gasteiger partial charge on any atom is -0.396 e. The van der Waals surface area contributed by atoms with E-state index >= 15 is 0 Å². The van der Waals surface area contributed by atoms with Crippen LogP contribution in [-0.4, -0.2) is 48.0 Å². The van der Waals surface area contributed by atoms with Crippen molar-refractivity contribution in [3.63, 3.8) is 0 Å². The van der Waals surface area contributed by atoms with Crippen LogP contribution in [0.5, 0.6) is 0 Å². The third-order valence-electron chi connectivity index (χ3n) is 3.07. The van der Waals surface area contributed by atoms with Crippen molar-refractivity contribution in [3.8, 4) is 0 Å². The Morgan fingerprint density at radius 2 is 1.50 bits per heavy atom. The van der Waals surface area contributed by atoms with E-state index in [1.54, 1.807) is 0 Å². The molecule has 0 aliphatic carbocycles. The van der Waals surface area contributed by atoms with Crippen molar-refractivity contribution < 1.29 is 10.2 Å². The SMILES string of the molecule is CC(CO)(CO)CN1CCCCCC1. The minimum atomic E-state index is -0.329. The predicted molar refractivity (Wildman–Crippen MR) is 57.2 cm³/mol. The number of aliphatic hydroxyl groups excluding tert-OH is 2. The largest absolute Gasteiger partial charge is 0.396 e. The minimum absolute atomic E-state index is 0.0694. The Hall–Kier alpha value is -0.120. The summed E-state index contributed by atoms with van der Waals surface area (Å²) in [5, 5.41) is 18.4. The van der Waals surface area contributed by atoms with Gasteiger partial charge in [-0.1, -0.05) is 19.8 Å². The van der Waals surface area contributed by atoms with Crippen LogP contribution in [0.1, 0.15) is 32.6 Å². The fourth-order valence-electron chi connectivity index (χ4n) is 1.98. The molecule has 2 N–H and O–H groups in total. The van der Waals surface area contributed by atoms with Gasteiger partial charge in [-0.2, -0.15) is 0 Å². The third-order valence-corrected chi connectivity index (χ3v) is 3.07. The molecule has 1 aliphatic rings. The van der Waals surface area contributed by atoms with Crippen molar-refractivity contribution in [2.45, 2.75) is 32.6 Å². The van der Waals surface area contributed by atoms with Crippen molar-refractivity contribution in [2.75, 3.05) is 32.8 Å². The van der Waals surface area contributed by atoms with E-state index in [9.17, 15) is 10.2 Å². The highest BCUT2D eigenvalue weighted by Crippen LogP contribution is 2.19. The Bertz CT molecular complexity index is 149. The van der Waals surface area contributed by atoms with E-state index in [-0.39, 0.29) is 18.6 Å². The number of hydrogen-bond donors (Lipinski definition) is 2. The molecule has 84 valence electrons. The first kappa shape index (κ1) is 12.0. The highest BCUT2D eigenvalue weighted by atomic mass is 16.3. The molecule has 1 fully saturated rings. The van der Waals surface area contributed by atoms with Gasteiger partial charge in [0.25, 0.3) is 0 Å². The molecule has 0 unspecified atom stereocenters. The van der Waals surface area contributed by atoms with E-state index in [0.29, 0.717) is 0 Å². The maximum Gasteiger partial charge on any atom is 0.0519 e. The molecule has 1 rings (SSSR count). The summed E-state index contributed by atoms with van der Waals surface area (Å²) in [7, 11) is 0. The van der Waals surface area contributed by atoms with E-state index in [1.807, 2.05) is 6.92 Å². The molecule has 0 atom stereocenters. The van der Waals surface area contributed by atoms with Crippen LogP contribution in [0.2, 0.25) is 0 Å². The Morgan fingerprint density at radius 1 is 1.00 bits per heavy atom. The summed E-state index contributed by atoms with van der Waals surface area (Å²) in [4.78, 5) is 2.37. The first-order valence-corrected chi connectivity index (χ1v) is 5.64. The van der Waals surface area contributed by atoms with Crippen LogP contribution >= 0.6 is 0 Å². The second-order valence-electron chi connectivity index (χ2n) is 4.82. The summed E-state index contributed by atoms with van der Waals surface area (Å²) in [6.07, 6.45) is 5.16. The van der Waals surface area contributed by atoms with Gasteiger partial charge in [-0.05, 0) is 25.9 Å². The van der Waals surface area contributed by atoms with Crippen LogP contribution in [-0.2, 0) is 0 Å². The van der Waals surface area contributed by atoms with Gasteiger partial charge in [-0.15, -0.1) is 0 Å². The molecule has 14 heavy (non-hydrogen) atoms. The van der Waals surface area contributed by atoms with Crippen LogP contribution in [0.25, 0.3) is 0 Å². The van der Waals surface area contributed by atoms with Crippen molar-refractivity contribution in [2.24, 2.45) is 5.41 Å². The summed E-state index contributed by atoms with van der Waals surface area (Å²) < 4.78 is 0. The van der Waals surface area contributed by atoms with E-state index in [2.05, 4.69) is 4.90 Å². The third kappa shape index (κ3) is 3.56. The molecule has 0 aromatic rings. The zero-order valence-corrected chi connectivity index (χ0v) is 9.21. The zero-order valence-electron chi connectivity index (χ0n) is 9.21. The van der Waals surface area contributed by atoms with E-state index < -0.39 is 0 Å². The Balaban J connectivity index is 2.39. The molecule has 0 aromatic heterocycles. The maximum absolute atomic E-state index is 9.20. The molecule has 0 bridgehead atoms. The molecule has 0 aromatic carbocycles. The molecular weight excluding hydrogens is 178 g/mol. The molecule has 1 heterocycles. The van der Waals surface area contributed by atoms with E-state index in [1.165, 1.54) is 25.7 Å². The Labute approximate surface area is 86.7 Å². The number of hydrogen-bond acceptors (Lipinski definition) is 3. The smallest absolute Gasteiger partial charge is 0.0519 e. The summed E-state index contributed by atoms with van der Waals surface area (Å²) in [6.45, 7) is 5.14. The molecule has 0 saturated carbocycles. The fourth-order valence-corrected chi connectivity index (χ4v) is 1.98. The van der Waals surface area contributed by atoms with Crippen molar-refractivity contribution in [3.05, 3.63) is 0 Å². The monoisotopic (exact) mass is 201 g/mol. The molecule has 1 saturated heterocycles. The van der Waals surface area contributed by atoms with Crippen LogP contribution < -0.4 is 0 Å². The molecule has 3 heteroatoms. The molecule has 1 aliphatic heterocycles. The lowest BCUT2D eigenvalue weighted by Crippen LogP contribution is -2.41. The summed E-state index contributed by atoms with van der Waals surface area (Å²) in [5.41, 5.74) is -0.329. The highest BCUT2D eigenvalue weighted by molar-refractivity contribution is 4.78. The standard InChI is InChI=1S/C11H23NO2/c1-11(9-13,10-14)8-12-6-4-2-3-5-7-12/h13-14H,2-10H2,1H3. The van der Waals surface area contributed by atoms with Crippen LogP contribution in [0, 0.1) is 5.41 Å². The lowest BCUT2D eigenvalue weighted by molar-refractivity contribution is 0.0360. The number of aliphatic hydroxyl groups is 2. The van der Waals surface area contributed by atoms with Gasteiger partial charge < -0.3 is 15.1 Å². The molecule has 0 amide bonds. The van der Waals surface area contributed by atoms with E-state index in [4.69, 9.17) is 0 Å². The molecule has 3 nitrogen and oxygen atoms in total. The molecule has 0 spiro atoms. The first-order chi connectivity index (χ1) is 6.70. The number of rotatable bonds is 4. The Kier molecular flexibility index (Phi) is 4.85.